The number of rotatable bonds is 32. The number of carbonyl (C=O) groups excluding carboxylic acids is 8. The molecule has 8 amide bonds. The molecule has 1 aliphatic heterocycles. The van der Waals surface area contributed by atoms with Gasteiger partial charge in [-0.3, -0.25) is 58.0 Å². The van der Waals surface area contributed by atoms with Crippen LogP contribution in [0.2, 0.25) is 0 Å². The number of carbonyl (C=O) groups is 12. The largest absolute Gasteiger partial charge is 0.480 e. The number of nitrogens with one attached hydrogen (secondary N) is 8. The van der Waals surface area contributed by atoms with Crippen molar-refractivity contribution in [3.05, 3.63) is 144 Å². The van der Waals surface area contributed by atoms with Gasteiger partial charge >= 0.3 is 23.9 Å². The number of nitrogens with zero attached hydrogens (tertiary/aromatic N) is 4. The fourth-order valence-electron chi connectivity index (χ4n) is 9.14. The fourth-order valence-corrected chi connectivity index (χ4v) is 9.14. The van der Waals surface area contributed by atoms with E-state index < -0.39 is 121 Å². The summed E-state index contributed by atoms with van der Waals surface area (Å²) in [7, 11) is 0. The Labute approximate surface area is 507 Å². The maximum absolute atomic E-state index is 13.6. The van der Waals surface area contributed by atoms with E-state index in [1.165, 1.54) is 0 Å². The van der Waals surface area contributed by atoms with Crippen molar-refractivity contribution in [2.24, 2.45) is 0 Å². The lowest BCUT2D eigenvalue weighted by molar-refractivity contribution is -0.142. The second-order valence-electron chi connectivity index (χ2n) is 20.8. The van der Waals surface area contributed by atoms with Crippen molar-refractivity contribution in [1.29, 1.82) is 0 Å². The third-order valence-electron chi connectivity index (χ3n) is 13.8. The highest BCUT2D eigenvalue weighted by Gasteiger charge is 2.27. The topological polar surface area (TPSA) is 395 Å². The lowest BCUT2D eigenvalue weighted by atomic mass is 10.1. The lowest BCUT2D eigenvalue weighted by Crippen LogP contribution is -2.53. The van der Waals surface area contributed by atoms with Gasteiger partial charge in [0.2, 0.25) is 47.3 Å². The molecule has 0 aliphatic carbocycles. The highest BCUT2D eigenvalue weighted by Crippen LogP contribution is 2.09. The Bertz CT molecular complexity index is 2570. The van der Waals surface area contributed by atoms with Crippen molar-refractivity contribution < 1.29 is 78.0 Å². The van der Waals surface area contributed by atoms with Crippen LogP contribution in [0, 0.1) is 0 Å². The average molecular weight is 1220 g/mol. The summed E-state index contributed by atoms with van der Waals surface area (Å²) in [6.07, 6.45) is -0.0989. The van der Waals surface area contributed by atoms with Crippen molar-refractivity contribution in [3.8, 4) is 0 Å². The van der Waals surface area contributed by atoms with E-state index in [-0.39, 0.29) is 104 Å². The number of carboxylic acid groups (broad SMARTS) is 4. The molecule has 88 heavy (non-hydrogen) atoms. The van der Waals surface area contributed by atoms with Gasteiger partial charge in [0.05, 0.1) is 52.4 Å². The Hall–Kier alpha value is -9.64. The molecule has 4 aromatic carbocycles. The molecule has 4 aromatic rings. The maximum atomic E-state index is 13.6. The fraction of sp³-hybridized carbons (Fsp3) is 0.400. The van der Waals surface area contributed by atoms with Gasteiger partial charge < -0.3 is 63.0 Å². The third-order valence-corrected chi connectivity index (χ3v) is 13.8. The summed E-state index contributed by atoms with van der Waals surface area (Å²) in [5.41, 5.74) is 2.61. The number of benzene rings is 4. The number of aliphatic carboxylic acids is 4. The van der Waals surface area contributed by atoms with Gasteiger partial charge in [0, 0.05) is 78.0 Å². The molecule has 1 aliphatic rings. The lowest BCUT2D eigenvalue weighted by Gasteiger charge is -2.33. The first-order valence-electron chi connectivity index (χ1n) is 28.4. The van der Waals surface area contributed by atoms with Crippen molar-refractivity contribution in [3.63, 3.8) is 0 Å². The molecule has 0 aromatic heterocycles. The maximum Gasteiger partial charge on any atom is 0.326 e. The summed E-state index contributed by atoms with van der Waals surface area (Å²) < 4.78 is 0. The normalized spacial score (nSPS) is 14.9. The van der Waals surface area contributed by atoms with Crippen molar-refractivity contribution in [2.75, 3.05) is 105 Å². The van der Waals surface area contributed by atoms with E-state index in [1.54, 1.807) is 141 Å². The first-order valence-corrected chi connectivity index (χ1v) is 28.4. The predicted octanol–water partition coefficient (Wildman–Crippen LogP) is -3.08. The number of carboxylic acids is 4. The Morgan fingerprint density at radius 3 is 0.614 bits per heavy atom. The van der Waals surface area contributed by atoms with Crippen LogP contribution in [0.1, 0.15) is 22.3 Å². The quantitative estimate of drug-likeness (QED) is 0.0231. The minimum atomic E-state index is -1.31. The number of hydrogen-bond acceptors (Lipinski definition) is 16. The summed E-state index contributed by atoms with van der Waals surface area (Å²) >= 11 is 0. The smallest absolute Gasteiger partial charge is 0.326 e. The van der Waals surface area contributed by atoms with Crippen molar-refractivity contribution >= 4 is 71.1 Å². The summed E-state index contributed by atoms with van der Waals surface area (Å²) in [4.78, 5) is 161. The van der Waals surface area contributed by atoms with Gasteiger partial charge in [0.1, 0.15) is 24.2 Å². The molecule has 12 N–H and O–H groups in total. The molecule has 1 saturated heterocycles. The van der Waals surface area contributed by atoms with Crippen LogP contribution in [0.3, 0.4) is 0 Å². The van der Waals surface area contributed by atoms with Crippen LogP contribution in [-0.4, -0.2) is 240 Å². The highest BCUT2D eigenvalue weighted by atomic mass is 16.4. The Morgan fingerprint density at radius 2 is 0.455 bits per heavy atom. The van der Waals surface area contributed by atoms with Crippen LogP contribution < -0.4 is 42.5 Å². The van der Waals surface area contributed by atoms with Crippen LogP contribution in [0.15, 0.2) is 121 Å². The van der Waals surface area contributed by atoms with Crippen LogP contribution >= 0.6 is 0 Å². The number of hydrogen-bond donors (Lipinski definition) is 12. The molecule has 4 atom stereocenters. The van der Waals surface area contributed by atoms with E-state index in [9.17, 15) is 78.0 Å². The van der Waals surface area contributed by atoms with Crippen molar-refractivity contribution in [2.45, 2.75) is 49.9 Å². The zero-order chi connectivity index (χ0) is 63.8. The zero-order valence-electron chi connectivity index (χ0n) is 48.5. The average Bonchev–Trinajstić information content (AvgIpc) is 3.51. The van der Waals surface area contributed by atoms with E-state index in [0.29, 0.717) is 22.3 Å². The molecule has 0 bridgehead atoms. The molecule has 472 valence electrons. The van der Waals surface area contributed by atoms with Gasteiger partial charge in [0.25, 0.3) is 0 Å². The van der Waals surface area contributed by atoms with Crippen LogP contribution in [0.5, 0.6) is 0 Å². The zero-order valence-corrected chi connectivity index (χ0v) is 48.5. The van der Waals surface area contributed by atoms with Gasteiger partial charge in [-0.05, 0) is 22.3 Å². The molecule has 5 rings (SSSR count). The van der Waals surface area contributed by atoms with E-state index in [4.69, 9.17) is 0 Å². The van der Waals surface area contributed by atoms with Gasteiger partial charge in [-0.25, -0.2) is 19.2 Å². The summed E-state index contributed by atoms with van der Waals surface area (Å²) in [6, 6.07) is 29.2. The van der Waals surface area contributed by atoms with E-state index >= 15 is 0 Å². The van der Waals surface area contributed by atoms with Gasteiger partial charge in [0.15, 0.2) is 0 Å². The molecule has 0 radical (unpaired) electrons. The molecule has 0 saturated carbocycles. The molecule has 28 nitrogen and oxygen atoms in total. The molecule has 28 heteroatoms. The molecule has 1 fully saturated rings. The summed E-state index contributed by atoms with van der Waals surface area (Å²) in [6.45, 7) is -3.32. The minimum absolute atomic E-state index is 0.0247. The monoisotopic (exact) mass is 1220 g/mol. The Balaban J connectivity index is 1.31. The SMILES string of the molecule is O=C(CN1CCN(CC(=O)NCC(=O)N[C@@H](Cc2ccccc2)C(=O)O)CCN(CC(=O)NCC(=O)N[C@@H](Cc2ccccc2)C(=O)O)CCN(CC(=O)NCC(=O)N[C@@H](Cc2ccccc2)C(=O)O)CC1)NCC(=O)N[C@@H](Cc1ccccc1)C(=O)O. The number of amides is 8. The van der Waals surface area contributed by atoms with Gasteiger partial charge in [-0.2, -0.15) is 0 Å². The van der Waals surface area contributed by atoms with Crippen molar-refractivity contribution in [1.82, 2.24) is 62.1 Å². The first-order chi connectivity index (χ1) is 42.2. The van der Waals surface area contributed by atoms with Gasteiger partial charge in [-0.1, -0.05) is 121 Å². The van der Waals surface area contributed by atoms with Gasteiger partial charge in [-0.15, -0.1) is 0 Å². The molecule has 1 heterocycles. The standard InChI is InChI=1S/C60H76N12O16/c73-49(65-45(57(81)82)29-41-13-5-1-6-14-41)33-61-53(77)37-69-21-23-70(38-54(78)62-34-50(74)66-46(58(83)84)30-42-15-7-2-8-16-42)25-27-72(40-56(80)64-36-52(76)68-48(60(87)88)32-44-19-11-4-12-20-44)28-26-71(24-22-69)39-55(79)63-35-51(75)67-47(59(85)86)31-43-17-9-3-10-18-43/h1-20,45-48H,21-40H2,(H,61,77)(H,62,78)(H,63,79)(H,64,80)(H,65,73)(H,66,74)(H,67,75)(H,68,76)(H,81,82)(H,83,84)(H,85,86)(H,87,88)/t45-,46-,47-,48-/m0/s1. The summed E-state index contributed by atoms with van der Waals surface area (Å²) in [5.74, 6) is -10.9. The molecule has 0 spiro atoms. The van der Waals surface area contributed by atoms with Crippen LogP contribution in [-0.2, 0) is 83.2 Å². The molecule has 0 unspecified atom stereocenters. The van der Waals surface area contributed by atoms with E-state index in [1.807, 2.05) is 0 Å². The van der Waals surface area contributed by atoms with Crippen LogP contribution in [0.4, 0.5) is 0 Å². The summed E-state index contributed by atoms with van der Waals surface area (Å²) in [5, 5.41) is 59.1. The highest BCUT2D eigenvalue weighted by molar-refractivity contribution is 5.91. The second kappa shape index (κ2) is 37.0. The predicted molar refractivity (Wildman–Crippen MR) is 317 cm³/mol. The second-order valence-corrected chi connectivity index (χ2v) is 20.8. The van der Waals surface area contributed by atoms with E-state index in [2.05, 4.69) is 42.5 Å². The Morgan fingerprint density at radius 1 is 0.284 bits per heavy atom. The molecular weight excluding hydrogens is 1140 g/mol. The first kappa shape index (κ1) is 69.1. The van der Waals surface area contributed by atoms with Crippen LogP contribution in [0.25, 0.3) is 0 Å². The minimum Gasteiger partial charge on any atom is -0.480 e. The third kappa shape index (κ3) is 27.2. The molecular formula is C60H76N12O16. The Kier molecular flexibility index (Phi) is 29.1. The van der Waals surface area contributed by atoms with E-state index in [0.717, 1.165) is 0 Å².